The van der Waals surface area contributed by atoms with Crippen molar-refractivity contribution in [1.82, 2.24) is 14.9 Å². The Morgan fingerprint density at radius 1 is 1.56 bits per heavy atom. The molecule has 1 aromatic heterocycles. The lowest BCUT2D eigenvalue weighted by Crippen LogP contribution is -2.34. The van der Waals surface area contributed by atoms with Gasteiger partial charge in [-0.3, -0.25) is 4.79 Å². The van der Waals surface area contributed by atoms with E-state index in [1.165, 1.54) is 0 Å². The second-order valence-corrected chi connectivity index (χ2v) is 4.40. The van der Waals surface area contributed by atoms with Crippen LogP contribution < -0.4 is 5.73 Å². The molecular formula is C13H18N4O. The normalized spacial score (nSPS) is 15.4. The number of rotatable bonds is 2. The van der Waals surface area contributed by atoms with Crippen molar-refractivity contribution in [3.63, 3.8) is 0 Å². The van der Waals surface area contributed by atoms with Crippen molar-refractivity contribution < 1.29 is 4.79 Å². The highest BCUT2D eigenvalue weighted by molar-refractivity contribution is 5.77. The van der Waals surface area contributed by atoms with Crippen LogP contribution in [-0.2, 0) is 4.79 Å². The lowest BCUT2D eigenvalue weighted by Gasteiger charge is -2.26. The van der Waals surface area contributed by atoms with Gasteiger partial charge in [-0.1, -0.05) is 13.0 Å². The van der Waals surface area contributed by atoms with Crippen molar-refractivity contribution in [2.24, 2.45) is 0 Å². The molecule has 1 aliphatic heterocycles. The minimum Gasteiger partial charge on any atom is -0.382 e. The van der Waals surface area contributed by atoms with Crippen LogP contribution in [0.3, 0.4) is 0 Å². The zero-order chi connectivity index (χ0) is 13.1. The first-order chi connectivity index (χ1) is 8.61. The molecule has 0 fully saturated rings. The van der Waals surface area contributed by atoms with Crippen LogP contribution in [0.25, 0.3) is 5.57 Å². The van der Waals surface area contributed by atoms with Gasteiger partial charge in [0.25, 0.3) is 0 Å². The van der Waals surface area contributed by atoms with Gasteiger partial charge in [-0.25, -0.2) is 9.97 Å². The fraction of sp³-hybridized carbons (Fsp3) is 0.462. The molecule has 0 aromatic carbocycles. The number of nitrogen functional groups attached to an aromatic ring is 1. The predicted octanol–water partition coefficient (Wildman–Crippen LogP) is 1.39. The van der Waals surface area contributed by atoms with Crippen LogP contribution in [0, 0.1) is 6.92 Å². The zero-order valence-corrected chi connectivity index (χ0v) is 10.8. The molecule has 2 rings (SSSR count). The molecule has 0 aliphatic carbocycles. The van der Waals surface area contributed by atoms with Crippen molar-refractivity contribution in [3.8, 4) is 0 Å². The standard InChI is InChI=1S/C13H18N4O/c1-3-12(18)17-6-4-10(5-7-17)11-8-15-13(14)9(2)16-11/h4,8H,3,5-7H2,1-2H3,(H2,14,15). The summed E-state index contributed by atoms with van der Waals surface area (Å²) in [4.78, 5) is 22.0. The van der Waals surface area contributed by atoms with E-state index in [1.807, 2.05) is 18.7 Å². The molecule has 0 spiro atoms. The molecule has 0 bridgehead atoms. The summed E-state index contributed by atoms with van der Waals surface area (Å²) in [6.07, 6.45) is 5.13. The van der Waals surface area contributed by atoms with Crippen LogP contribution in [0.5, 0.6) is 0 Å². The van der Waals surface area contributed by atoms with Gasteiger partial charge in [0.15, 0.2) is 0 Å². The summed E-state index contributed by atoms with van der Waals surface area (Å²) in [6.45, 7) is 5.15. The van der Waals surface area contributed by atoms with Gasteiger partial charge < -0.3 is 10.6 Å². The third-order valence-corrected chi connectivity index (χ3v) is 3.18. The SMILES string of the molecule is CCC(=O)N1CC=C(c2cnc(N)c(C)n2)CC1. The Hall–Kier alpha value is -1.91. The number of carbonyl (C=O) groups is 1. The summed E-state index contributed by atoms with van der Waals surface area (Å²) in [7, 11) is 0. The van der Waals surface area contributed by atoms with Crippen LogP contribution in [0.2, 0.25) is 0 Å². The molecule has 2 heterocycles. The number of nitrogens with two attached hydrogens (primary N) is 1. The molecule has 0 saturated carbocycles. The minimum atomic E-state index is 0.199. The number of carbonyl (C=O) groups excluding carboxylic acids is 1. The Bertz CT molecular complexity index is 496. The molecule has 0 saturated heterocycles. The number of anilines is 1. The zero-order valence-electron chi connectivity index (χ0n) is 10.8. The summed E-state index contributed by atoms with van der Waals surface area (Å²) >= 11 is 0. The number of amides is 1. The molecular weight excluding hydrogens is 228 g/mol. The lowest BCUT2D eigenvalue weighted by molar-refractivity contribution is -0.130. The molecule has 18 heavy (non-hydrogen) atoms. The number of hydrogen-bond acceptors (Lipinski definition) is 4. The number of aryl methyl sites for hydroxylation is 1. The highest BCUT2D eigenvalue weighted by Crippen LogP contribution is 2.21. The molecule has 96 valence electrons. The van der Waals surface area contributed by atoms with E-state index in [4.69, 9.17) is 5.73 Å². The smallest absolute Gasteiger partial charge is 0.222 e. The number of hydrogen-bond donors (Lipinski definition) is 1. The van der Waals surface area contributed by atoms with E-state index in [2.05, 4.69) is 16.0 Å². The van der Waals surface area contributed by atoms with Gasteiger partial charge in [0.05, 0.1) is 17.6 Å². The Morgan fingerprint density at radius 3 is 2.89 bits per heavy atom. The molecule has 5 nitrogen and oxygen atoms in total. The Morgan fingerprint density at radius 2 is 2.33 bits per heavy atom. The average Bonchev–Trinajstić information content (AvgIpc) is 2.41. The summed E-state index contributed by atoms with van der Waals surface area (Å²) in [5, 5.41) is 0. The fourth-order valence-electron chi connectivity index (χ4n) is 2.00. The first-order valence-corrected chi connectivity index (χ1v) is 6.18. The van der Waals surface area contributed by atoms with Gasteiger partial charge in [-0.15, -0.1) is 0 Å². The van der Waals surface area contributed by atoms with Crippen molar-refractivity contribution >= 4 is 17.3 Å². The average molecular weight is 246 g/mol. The van der Waals surface area contributed by atoms with Gasteiger partial charge in [-0.05, 0) is 18.9 Å². The largest absolute Gasteiger partial charge is 0.382 e. The monoisotopic (exact) mass is 246 g/mol. The van der Waals surface area contributed by atoms with Gasteiger partial charge >= 0.3 is 0 Å². The van der Waals surface area contributed by atoms with Crippen LogP contribution in [0.4, 0.5) is 5.82 Å². The fourth-order valence-corrected chi connectivity index (χ4v) is 2.00. The van der Waals surface area contributed by atoms with Gasteiger partial charge in [0.1, 0.15) is 5.82 Å². The molecule has 1 aromatic rings. The Labute approximate surface area is 107 Å². The number of aromatic nitrogens is 2. The van der Waals surface area contributed by atoms with Gasteiger partial charge in [0.2, 0.25) is 5.91 Å². The van der Waals surface area contributed by atoms with E-state index in [0.717, 1.165) is 29.9 Å². The van der Waals surface area contributed by atoms with Crippen LogP contribution >= 0.6 is 0 Å². The quantitative estimate of drug-likeness (QED) is 0.856. The highest BCUT2D eigenvalue weighted by atomic mass is 16.2. The van der Waals surface area contributed by atoms with Crippen LogP contribution in [0.15, 0.2) is 12.3 Å². The molecule has 5 heteroatoms. The maximum absolute atomic E-state index is 11.6. The van der Waals surface area contributed by atoms with E-state index in [1.54, 1.807) is 6.20 Å². The molecule has 1 amide bonds. The molecule has 0 atom stereocenters. The Kier molecular flexibility index (Phi) is 3.60. The molecule has 0 unspecified atom stereocenters. The lowest BCUT2D eigenvalue weighted by atomic mass is 10.0. The van der Waals surface area contributed by atoms with E-state index < -0.39 is 0 Å². The third-order valence-electron chi connectivity index (χ3n) is 3.18. The topological polar surface area (TPSA) is 72.1 Å². The first-order valence-electron chi connectivity index (χ1n) is 6.18. The molecule has 2 N–H and O–H groups in total. The van der Waals surface area contributed by atoms with Crippen molar-refractivity contribution in [2.45, 2.75) is 26.7 Å². The first kappa shape index (κ1) is 12.5. The van der Waals surface area contributed by atoms with Crippen LogP contribution in [-0.4, -0.2) is 33.9 Å². The number of nitrogens with zero attached hydrogens (tertiary/aromatic N) is 3. The summed E-state index contributed by atoms with van der Waals surface area (Å²) in [5.41, 5.74) is 8.41. The highest BCUT2D eigenvalue weighted by Gasteiger charge is 2.17. The van der Waals surface area contributed by atoms with Crippen molar-refractivity contribution in [3.05, 3.63) is 23.7 Å². The second kappa shape index (κ2) is 5.16. The van der Waals surface area contributed by atoms with Crippen LogP contribution in [0.1, 0.15) is 31.2 Å². The summed E-state index contributed by atoms with van der Waals surface area (Å²) in [5.74, 6) is 0.669. The van der Waals surface area contributed by atoms with Crippen molar-refractivity contribution in [1.29, 1.82) is 0 Å². The Balaban J connectivity index is 2.14. The minimum absolute atomic E-state index is 0.199. The molecule has 1 aliphatic rings. The summed E-state index contributed by atoms with van der Waals surface area (Å²) in [6, 6.07) is 0. The third kappa shape index (κ3) is 2.50. The van der Waals surface area contributed by atoms with E-state index in [9.17, 15) is 4.79 Å². The second-order valence-electron chi connectivity index (χ2n) is 4.40. The van der Waals surface area contributed by atoms with E-state index >= 15 is 0 Å². The predicted molar refractivity (Wildman–Crippen MR) is 70.6 cm³/mol. The van der Waals surface area contributed by atoms with Gasteiger partial charge in [-0.2, -0.15) is 0 Å². The van der Waals surface area contributed by atoms with E-state index in [-0.39, 0.29) is 5.91 Å². The van der Waals surface area contributed by atoms with E-state index in [0.29, 0.717) is 18.8 Å². The maximum Gasteiger partial charge on any atom is 0.222 e. The van der Waals surface area contributed by atoms with Gasteiger partial charge in [0, 0.05) is 19.5 Å². The maximum atomic E-state index is 11.6. The van der Waals surface area contributed by atoms with Crippen molar-refractivity contribution in [2.75, 3.05) is 18.8 Å². The summed E-state index contributed by atoms with van der Waals surface area (Å²) < 4.78 is 0. The molecule has 0 radical (unpaired) electrons.